The van der Waals surface area contributed by atoms with E-state index in [9.17, 15) is 0 Å². The monoisotopic (exact) mass is 122 g/mol. The van der Waals surface area contributed by atoms with E-state index in [1.807, 2.05) is 6.92 Å². The quantitative estimate of drug-likeness (QED) is 0.398. The second-order valence-electron chi connectivity index (χ2n) is 1.06. The van der Waals surface area contributed by atoms with E-state index in [1.165, 1.54) is 0 Å². The fraction of sp³-hybridized carbons (Fsp3) is 0.500. The Balaban J connectivity index is 0. The predicted molar refractivity (Wildman–Crippen MR) is 35.0 cm³/mol. The van der Waals surface area contributed by atoms with E-state index in [2.05, 4.69) is 21.6 Å². The standard InChI is InChI=1S/C2H6N4.H2S.H2/c1-2-3-5-6-4-2;;/h5-6H,1H3,(H,3,4);1H2;1H. The summed E-state index contributed by atoms with van der Waals surface area (Å²) in [6.07, 6.45) is 0. The van der Waals surface area contributed by atoms with Gasteiger partial charge in [-0.05, 0) is 6.92 Å². The zero-order valence-corrected chi connectivity index (χ0v) is 4.95. The molecular weight excluding hydrogens is 112 g/mol. The van der Waals surface area contributed by atoms with Gasteiger partial charge in [0.2, 0.25) is 0 Å². The van der Waals surface area contributed by atoms with Crippen LogP contribution in [-0.4, -0.2) is 5.84 Å². The minimum absolute atomic E-state index is 0. The van der Waals surface area contributed by atoms with Gasteiger partial charge >= 0.3 is 0 Å². The van der Waals surface area contributed by atoms with Crippen molar-refractivity contribution < 1.29 is 1.43 Å². The van der Waals surface area contributed by atoms with Crippen LogP contribution in [0.1, 0.15) is 8.35 Å². The molecule has 0 atom stereocenters. The summed E-state index contributed by atoms with van der Waals surface area (Å²) in [6, 6.07) is 0. The van der Waals surface area contributed by atoms with Crippen molar-refractivity contribution >= 4 is 19.3 Å². The Kier molecular flexibility index (Phi) is 2.54. The molecule has 44 valence electrons. The number of nitrogens with zero attached hydrogens (tertiary/aromatic N) is 1. The summed E-state index contributed by atoms with van der Waals surface area (Å²) in [4.78, 5) is 0. The van der Waals surface area contributed by atoms with Crippen LogP contribution in [0.3, 0.4) is 0 Å². The van der Waals surface area contributed by atoms with E-state index >= 15 is 0 Å². The van der Waals surface area contributed by atoms with Gasteiger partial charge in [0.15, 0.2) is 0 Å². The average Bonchev–Trinajstić information content (AvgIpc) is 1.86. The lowest BCUT2D eigenvalue weighted by Crippen LogP contribution is -2.33. The highest BCUT2D eigenvalue weighted by atomic mass is 32.1. The highest BCUT2D eigenvalue weighted by Crippen LogP contribution is 1.66. The van der Waals surface area contributed by atoms with E-state index in [1.54, 1.807) is 0 Å². The molecule has 0 aromatic carbocycles. The smallest absolute Gasteiger partial charge is 0.136 e. The first-order chi connectivity index (χ1) is 2.89. The van der Waals surface area contributed by atoms with Crippen LogP contribution in [0.15, 0.2) is 5.10 Å². The first-order valence-electron chi connectivity index (χ1n) is 1.70. The molecule has 0 unspecified atom stereocenters. The second-order valence-corrected chi connectivity index (χ2v) is 1.06. The second kappa shape index (κ2) is 2.70. The Hall–Kier alpha value is -0.420. The molecule has 3 N–H and O–H groups in total. The maximum Gasteiger partial charge on any atom is 0.136 e. The number of rotatable bonds is 0. The minimum Gasteiger partial charge on any atom is -0.289 e. The number of hydrogen-bond donors (Lipinski definition) is 3. The van der Waals surface area contributed by atoms with Gasteiger partial charge in [0.25, 0.3) is 0 Å². The Morgan fingerprint density at radius 2 is 2.43 bits per heavy atom. The fourth-order valence-electron chi connectivity index (χ4n) is 0.258. The van der Waals surface area contributed by atoms with Gasteiger partial charge in [-0.25, -0.2) is 5.53 Å². The molecule has 5 heteroatoms. The zero-order chi connectivity index (χ0) is 4.41. The Morgan fingerprint density at radius 1 is 1.71 bits per heavy atom. The van der Waals surface area contributed by atoms with Crippen molar-refractivity contribution in [2.75, 3.05) is 0 Å². The van der Waals surface area contributed by atoms with Gasteiger partial charge in [-0.2, -0.15) is 13.5 Å². The summed E-state index contributed by atoms with van der Waals surface area (Å²) in [5.74, 6) is 0.856. The van der Waals surface area contributed by atoms with Crippen molar-refractivity contribution in [2.45, 2.75) is 6.92 Å². The third kappa shape index (κ3) is 1.65. The van der Waals surface area contributed by atoms with Crippen molar-refractivity contribution in [1.29, 1.82) is 0 Å². The number of hydrazine groups is 2. The zero-order valence-electron chi connectivity index (χ0n) is 3.95. The predicted octanol–water partition coefficient (Wildman–Crippen LogP) is -0.709. The van der Waals surface area contributed by atoms with Gasteiger partial charge in [0.1, 0.15) is 5.84 Å². The van der Waals surface area contributed by atoms with E-state index in [0.717, 1.165) is 5.84 Å². The number of hydrazone groups is 1. The molecule has 0 radical (unpaired) electrons. The van der Waals surface area contributed by atoms with Gasteiger partial charge in [-0.3, -0.25) is 5.43 Å². The SMILES string of the molecule is CC1=NNNN1.S.[HH]. The van der Waals surface area contributed by atoms with E-state index in [4.69, 9.17) is 0 Å². The molecule has 0 aliphatic carbocycles. The highest BCUT2D eigenvalue weighted by Gasteiger charge is 1.90. The summed E-state index contributed by atoms with van der Waals surface area (Å²) in [6.45, 7) is 1.85. The van der Waals surface area contributed by atoms with Gasteiger partial charge in [0.05, 0.1) is 0 Å². The summed E-state index contributed by atoms with van der Waals surface area (Å²) in [5, 5.41) is 3.68. The molecule has 7 heavy (non-hydrogen) atoms. The van der Waals surface area contributed by atoms with Crippen LogP contribution in [0.4, 0.5) is 0 Å². The van der Waals surface area contributed by atoms with Crippen LogP contribution in [-0.2, 0) is 0 Å². The molecule has 1 aliphatic heterocycles. The summed E-state index contributed by atoms with van der Waals surface area (Å²) in [7, 11) is 0. The molecule has 0 bridgehead atoms. The molecule has 0 saturated carbocycles. The Bertz CT molecular complexity index is 84.1. The van der Waals surface area contributed by atoms with Gasteiger partial charge < -0.3 is 0 Å². The van der Waals surface area contributed by atoms with E-state index in [0.29, 0.717) is 0 Å². The van der Waals surface area contributed by atoms with Crippen molar-refractivity contribution in [3.05, 3.63) is 0 Å². The molecule has 1 aliphatic rings. The first kappa shape index (κ1) is 6.58. The minimum atomic E-state index is 0. The maximum atomic E-state index is 3.68. The van der Waals surface area contributed by atoms with Crippen molar-refractivity contribution in [3.8, 4) is 0 Å². The molecule has 0 amide bonds. The Labute approximate surface area is 50.2 Å². The molecule has 1 heterocycles. The summed E-state index contributed by atoms with van der Waals surface area (Å²) in [5.41, 5.74) is 7.78. The molecule has 0 aromatic rings. The van der Waals surface area contributed by atoms with Crippen LogP contribution in [0.25, 0.3) is 0 Å². The van der Waals surface area contributed by atoms with Crippen LogP contribution >= 0.6 is 13.5 Å². The summed E-state index contributed by atoms with van der Waals surface area (Å²) < 4.78 is 0. The summed E-state index contributed by atoms with van der Waals surface area (Å²) >= 11 is 0. The third-order valence-electron chi connectivity index (χ3n) is 0.523. The van der Waals surface area contributed by atoms with Crippen molar-refractivity contribution in [2.24, 2.45) is 5.10 Å². The third-order valence-corrected chi connectivity index (χ3v) is 0.523. The van der Waals surface area contributed by atoms with Crippen LogP contribution < -0.4 is 16.5 Å². The van der Waals surface area contributed by atoms with Crippen molar-refractivity contribution in [1.82, 2.24) is 16.5 Å². The lowest BCUT2D eigenvalue weighted by Gasteiger charge is -1.87. The molecule has 0 saturated heterocycles. The van der Waals surface area contributed by atoms with Gasteiger partial charge in [0, 0.05) is 1.43 Å². The molecule has 0 fully saturated rings. The van der Waals surface area contributed by atoms with E-state index < -0.39 is 0 Å². The molecule has 1 rings (SSSR count). The lowest BCUT2D eigenvalue weighted by atomic mass is 10.7. The largest absolute Gasteiger partial charge is 0.289 e. The number of nitrogens with one attached hydrogen (secondary N) is 3. The Morgan fingerprint density at radius 3 is 2.57 bits per heavy atom. The molecule has 0 spiro atoms. The van der Waals surface area contributed by atoms with Crippen LogP contribution in [0.2, 0.25) is 0 Å². The molecule has 4 nitrogen and oxygen atoms in total. The molecule has 0 aromatic heterocycles. The fourth-order valence-corrected chi connectivity index (χ4v) is 0.258. The van der Waals surface area contributed by atoms with Gasteiger partial charge in [-0.15, -0.1) is 10.6 Å². The topological polar surface area (TPSA) is 48.5 Å². The van der Waals surface area contributed by atoms with Crippen LogP contribution in [0, 0.1) is 0 Å². The van der Waals surface area contributed by atoms with Gasteiger partial charge in [-0.1, -0.05) is 0 Å². The number of amidine groups is 1. The normalized spacial score (nSPS) is 15.9. The lowest BCUT2D eigenvalue weighted by molar-refractivity contribution is 0.577. The van der Waals surface area contributed by atoms with Crippen LogP contribution in [0.5, 0.6) is 0 Å². The highest BCUT2D eigenvalue weighted by molar-refractivity contribution is 7.59. The maximum absolute atomic E-state index is 3.68. The van der Waals surface area contributed by atoms with E-state index in [-0.39, 0.29) is 14.9 Å². The first-order valence-corrected chi connectivity index (χ1v) is 1.70. The number of hydrogen-bond acceptors (Lipinski definition) is 4. The van der Waals surface area contributed by atoms with Crippen molar-refractivity contribution in [3.63, 3.8) is 0 Å². The molecular formula is C2H10N4S. The average molecular weight is 122 g/mol.